The Balaban J connectivity index is 1.41. The third kappa shape index (κ3) is 7.84. The zero-order valence-corrected chi connectivity index (χ0v) is 24.4. The van der Waals surface area contributed by atoms with Crippen LogP contribution in [-0.2, 0) is 24.1 Å². The topological polar surface area (TPSA) is 219 Å². The molecule has 0 aliphatic carbocycles. The smallest absolute Gasteiger partial charge is 0.243 e. The molecule has 0 spiro atoms. The molecule has 2 heterocycles. The van der Waals surface area contributed by atoms with E-state index in [1.807, 2.05) is 42.5 Å². The summed E-state index contributed by atoms with van der Waals surface area (Å²) in [7, 11) is 0. The van der Waals surface area contributed by atoms with Gasteiger partial charge in [0.25, 0.3) is 0 Å². The predicted molar refractivity (Wildman–Crippen MR) is 157 cm³/mol. The molecule has 2 aromatic carbocycles. The van der Waals surface area contributed by atoms with Crippen LogP contribution < -0.4 is 14.8 Å². The number of hydrogen-bond acceptors (Lipinski definition) is 13. The van der Waals surface area contributed by atoms with Gasteiger partial charge in [-0.1, -0.05) is 24.3 Å². The molecule has 0 amide bonds. The van der Waals surface area contributed by atoms with Crippen molar-refractivity contribution in [1.29, 1.82) is 0 Å². The number of benzene rings is 2. The summed E-state index contributed by atoms with van der Waals surface area (Å²) < 4.78 is 18.8. The van der Waals surface area contributed by atoms with Crippen molar-refractivity contribution in [3.8, 4) is 11.6 Å². The number of hydrogen-bond donors (Lipinski definition) is 9. The predicted octanol–water partition coefficient (Wildman–Crippen LogP) is -1.93. The van der Waals surface area contributed by atoms with Gasteiger partial charge in [0, 0.05) is 0 Å². The number of fused-ring (bicyclic) bond motifs is 1. The van der Waals surface area contributed by atoms with Crippen molar-refractivity contribution in [3.63, 3.8) is 0 Å². The fourth-order valence-electron chi connectivity index (χ4n) is 5.06. The van der Waals surface area contributed by atoms with Gasteiger partial charge in [0.2, 0.25) is 12.2 Å². The van der Waals surface area contributed by atoms with E-state index >= 15 is 0 Å². The Bertz CT molecular complexity index is 1290. The molecule has 3 aromatic rings. The van der Waals surface area contributed by atoms with Crippen molar-refractivity contribution in [2.75, 3.05) is 46.2 Å². The molecule has 0 unspecified atom stereocenters. The van der Waals surface area contributed by atoms with Gasteiger partial charge in [-0.25, -0.2) is 0 Å². The van der Waals surface area contributed by atoms with Gasteiger partial charge >= 0.3 is 0 Å². The molecule has 244 valence electrons. The number of aliphatic hydroxyl groups is 8. The van der Waals surface area contributed by atoms with Gasteiger partial charge < -0.3 is 60.4 Å². The first-order chi connectivity index (χ1) is 21.3. The highest BCUT2D eigenvalue weighted by atomic mass is 16.7. The summed E-state index contributed by atoms with van der Waals surface area (Å²) in [4.78, 5) is 0. The average Bonchev–Trinajstić information content (AvgIpc) is 3.40. The molecule has 14 nitrogen and oxygen atoms in total. The highest BCUT2D eigenvalue weighted by Crippen LogP contribution is 2.32. The minimum Gasteiger partial charge on any atom is -0.494 e. The van der Waals surface area contributed by atoms with Crippen LogP contribution in [0.15, 0.2) is 42.5 Å². The second kappa shape index (κ2) is 15.9. The number of nitrogens with zero attached hydrogens (tertiary/aromatic N) is 2. The van der Waals surface area contributed by atoms with Crippen LogP contribution >= 0.6 is 0 Å². The van der Waals surface area contributed by atoms with E-state index in [0.717, 1.165) is 11.1 Å². The van der Waals surface area contributed by atoms with E-state index in [0.29, 0.717) is 49.1 Å². The van der Waals surface area contributed by atoms with Crippen molar-refractivity contribution in [2.24, 2.45) is 0 Å². The van der Waals surface area contributed by atoms with Gasteiger partial charge in [0.1, 0.15) is 30.2 Å². The monoisotopic (exact) mass is 621 g/mol. The van der Waals surface area contributed by atoms with Crippen LogP contribution in [-0.4, -0.2) is 133 Å². The van der Waals surface area contributed by atoms with Crippen LogP contribution in [0.3, 0.4) is 0 Å². The molecule has 1 aromatic heterocycles. The summed E-state index contributed by atoms with van der Waals surface area (Å²) in [6.07, 6.45) is -5.36. The van der Waals surface area contributed by atoms with E-state index in [4.69, 9.17) is 14.2 Å². The minimum atomic E-state index is -1.59. The fraction of sp³-hybridized carbons (Fsp3) is 0.567. The van der Waals surface area contributed by atoms with Crippen LogP contribution in [0.2, 0.25) is 0 Å². The molecule has 0 bridgehead atoms. The van der Waals surface area contributed by atoms with Crippen LogP contribution in [0.1, 0.15) is 17.5 Å². The molecule has 5 atom stereocenters. The third-order valence-electron chi connectivity index (χ3n) is 7.82. The van der Waals surface area contributed by atoms with E-state index in [-0.39, 0.29) is 38.9 Å². The Morgan fingerprint density at radius 3 is 2.27 bits per heavy atom. The molecule has 4 rings (SSSR count). The van der Waals surface area contributed by atoms with Crippen LogP contribution in [0.5, 0.6) is 11.6 Å². The van der Waals surface area contributed by atoms with Gasteiger partial charge in [0.15, 0.2) is 0 Å². The Morgan fingerprint density at radius 2 is 1.61 bits per heavy atom. The number of aliphatic hydroxyl groups excluding tert-OH is 8. The van der Waals surface area contributed by atoms with Crippen molar-refractivity contribution in [1.82, 2.24) is 15.1 Å². The average molecular weight is 622 g/mol. The van der Waals surface area contributed by atoms with Gasteiger partial charge in [-0.3, -0.25) is 4.68 Å². The minimum absolute atomic E-state index is 0.126. The van der Waals surface area contributed by atoms with E-state index in [9.17, 15) is 40.9 Å². The Kier molecular flexibility index (Phi) is 12.3. The lowest BCUT2D eigenvalue weighted by Gasteiger charge is -2.39. The molecular formula is C30H43N3O11. The summed E-state index contributed by atoms with van der Waals surface area (Å²) in [5.41, 5.74) is 1.53. The molecular weight excluding hydrogens is 578 g/mol. The maximum atomic E-state index is 10.5. The third-order valence-corrected chi connectivity index (χ3v) is 7.82. The van der Waals surface area contributed by atoms with Gasteiger partial charge in [-0.05, 0) is 55.1 Å². The summed E-state index contributed by atoms with van der Waals surface area (Å²) >= 11 is 0. The normalized spacial score (nSPS) is 22.4. The molecule has 0 saturated carbocycles. The molecule has 9 N–H and O–H groups in total. The zero-order valence-electron chi connectivity index (χ0n) is 24.4. The first-order valence-electron chi connectivity index (χ1n) is 14.7. The SMILES string of the molecule is OCCn1nc(O[C@@H]2O[C@H](CO)[C@@H](O)[C@H](O)[C@H]2O)c2c(CCc3ccc(OCCCNC(CO)(CO)CO)cc3)cccc21. The quantitative estimate of drug-likeness (QED) is 0.0751. The molecule has 14 heteroatoms. The van der Waals surface area contributed by atoms with Gasteiger partial charge in [0.05, 0.1) is 62.6 Å². The molecule has 1 aliphatic rings. The number of rotatable bonds is 17. The van der Waals surface area contributed by atoms with E-state index < -0.39 is 42.9 Å². The summed E-state index contributed by atoms with van der Waals surface area (Å²) in [5, 5.41) is 86.1. The zero-order chi connectivity index (χ0) is 31.7. The van der Waals surface area contributed by atoms with Crippen molar-refractivity contribution in [2.45, 2.75) is 62.1 Å². The molecule has 44 heavy (non-hydrogen) atoms. The fourth-order valence-corrected chi connectivity index (χ4v) is 5.06. The lowest BCUT2D eigenvalue weighted by molar-refractivity contribution is -0.278. The van der Waals surface area contributed by atoms with E-state index in [1.54, 1.807) is 4.68 Å². The lowest BCUT2D eigenvalue weighted by atomic mass is 9.99. The first kappa shape index (κ1) is 34.0. The maximum absolute atomic E-state index is 10.5. The molecule has 1 saturated heterocycles. The maximum Gasteiger partial charge on any atom is 0.243 e. The lowest BCUT2D eigenvalue weighted by Crippen LogP contribution is -2.60. The first-order valence-corrected chi connectivity index (χ1v) is 14.7. The largest absolute Gasteiger partial charge is 0.494 e. The van der Waals surface area contributed by atoms with E-state index in [1.165, 1.54) is 0 Å². The van der Waals surface area contributed by atoms with Gasteiger partial charge in [-0.15, -0.1) is 5.10 Å². The second-order valence-electron chi connectivity index (χ2n) is 10.9. The van der Waals surface area contributed by atoms with Crippen LogP contribution in [0.4, 0.5) is 0 Å². The number of ether oxygens (including phenoxy) is 3. The Morgan fingerprint density at radius 1 is 0.886 bits per heavy atom. The van der Waals surface area contributed by atoms with Gasteiger partial charge in [-0.2, -0.15) is 0 Å². The van der Waals surface area contributed by atoms with Crippen molar-refractivity contribution >= 4 is 10.9 Å². The highest BCUT2D eigenvalue weighted by Gasteiger charge is 2.45. The molecule has 0 radical (unpaired) electrons. The Labute approximate surface area is 254 Å². The van der Waals surface area contributed by atoms with Crippen molar-refractivity contribution < 1.29 is 55.1 Å². The number of aryl methyl sites for hydroxylation is 2. The van der Waals surface area contributed by atoms with E-state index in [2.05, 4.69) is 10.4 Å². The molecule has 1 aliphatic heterocycles. The Hall–Kier alpha value is -2.89. The standard InChI is InChI=1S/C30H43N3O11/c34-13-12-33-22-4-1-3-20(24(22)28(32-33)44-29-27(41)26(40)25(39)23(15-35)43-29)8-5-19-6-9-21(10-7-19)42-14-2-11-31-30(16-36,17-37)18-38/h1,3-4,6-7,9-10,23,25-27,29,31,34-41H,2,5,8,11-18H2/t23-,25-,26+,27-,29+/m1/s1. The van der Waals surface area contributed by atoms with Crippen LogP contribution in [0.25, 0.3) is 10.9 Å². The number of nitrogens with one attached hydrogen (secondary N) is 1. The van der Waals surface area contributed by atoms with Crippen molar-refractivity contribution in [3.05, 3.63) is 53.6 Å². The summed E-state index contributed by atoms with van der Waals surface area (Å²) in [6.45, 7) is -0.848. The second-order valence-corrected chi connectivity index (χ2v) is 10.9. The summed E-state index contributed by atoms with van der Waals surface area (Å²) in [6, 6.07) is 13.3. The number of aromatic nitrogens is 2. The highest BCUT2D eigenvalue weighted by molar-refractivity contribution is 5.88. The van der Waals surface area contributed by atoms with Crippen LogP contribution in [0, 0.1) is 0 Å². The molecule has 1 fully saturated rings. The summed E-state index contributed by atoms with van der Waals surface area (Å²) in [5.74, 6) is 0.815.